The lowest BCUT2D eigenvalue weighted by molar-refractivity contribution is 0.285. The summed E-state index contributed by atoms with van der Waals surface area (Å²) in [4.78, 5) is 0. The van der Waals surface area contributed by atoms with Crippen molar-refractivity contribution >= 4 is 0 Å². The average molecular weight is 548 g/mol. The molecular weight excluding hydrogens is 498 g/mol. The van der Waals surface area contributed by atoms with Crippen molar-refractivity contribution in [2.24, 2.45) is 0 Å². The van der Waals surface area contributed by atoms with Gasteiger partial charge in [-0.15, -0.1) is 0 Å². The number of ether oxygens (including phenoxy) is 3. The summed E-state index contributed by atoms with van der Waals surface area (Å²) < 4.78 is 16.8. The number of nitrogens with one attached hydrogen (secondary N) is 1. The molecule has 1 heterocycles. The lowest BCUT2D eigenvalue weighted by atomic mass is 9.91. The topological polar surface area (TPSA) is 60.0 Å². The summed E-state index contributed by atoms with van der Waals surface area (Å²) in [5.74, 6) is 2.72. The zero-order chi connectivity index (χ0) is 28.9. The van der Waals surface area contributed by atoms with Crippen molar-refractivity contribution in [2.45, 2.75) is 85.1 Å². The molecule has 218 valence electrons. The lowest BCUT2D eigenvalue weighted by Crippen LogP contribution is -2.25. The lowest BCUT2D eigenvalue weighted by Gasteiger charge is -2.26. The van der Waals surface area contributed by atoms with Crippen LogP contribution in [0.3, 0.4) is 0 Å². The zero-order valence-corrected chi connectivity index (χ0v) is 25.4. The van der Waals surface area contributed by atoms with Crippen LogP contribution in [-0.2, 0) is 12.8 Å². The first kappa shape index (κ1) is 31.3. The van der Waals surface area contributed by atoms with Crippen molar-refractivity contribution in [1.82, 2.24) is 5.32 Å². The number of benzene rings is 2. The molecule has 0 bridgehead atoms. The number of hydrogen-bond donors (Lipinski definition) is 2. The fraction of sp³-hybridized carbons (Fsp3) is 0.486. The molecule has 0 saturated heterocycles. The number of phenolic OH excluding ortho intramolecular Hbond substituents is 1. The van der Waals surface area contributed by atoms with Crippen LogP contribution in [0.2, 0.25) is 0 Å². The average Bonchev–Trinajstić information content (AvgIpc) is 2.94. The molecule has 2 N–H and O–H groups in total. The molecule has 2 aromatic rings. The molecular formula is C35H49NO4. The standard InChI is InChI=1S/C35H49NO4/c1-25(2)10-7-11-26(3)12-8-13-27(4)15-17-30(35-29-14-9-23-40-32(29)20-18-31(35)37)36-22-21-28-16-19-33(38-5)34(24-28)39-6/h10,12,15-16,18-20,24,30,36-37H,7-9,11,13-14,17,21-23H2,1-6H3/b26-12+,27-15+/t30-/m1/s1. The smallest absolute Gasteiger partial charge is 0.160 e. The Kier molecular flexibility index (Phi) is 12.7. The summed E-state index contributed by atoms with van der Waals surface area (Å²) >= 11 is 0. The third-order valence-corrected chi connectivity index (χ3v) is 7.55. The van der Waals surface area contributed by atoms with Crippen molar-refractivity contribution in [3.63, 3.8) is 0 Å². The first-order valence-corrected chi connectivity index (χ1v) is 14.7. The summed E-state index contributed by atoms with van der Waals surface area (Å²) in [7, 11) is 3.31. The third kappa shape index (κ3) is 9.48. The van der Waals surface area contributed by atoms with Gasteiger partial charge in [-0.1, -0.05) is 41.0 Å². The van der Waals surface area contributed by atoms with Crippen molar-refractivity contribution in [3.8, 4) is 23.0 Å². The summed E-state index contributed by atoms with van der Waals surface area (Å²) in [6.45, 7) is 10.3. The van der Waals surface area contributed by atoms with E-state index in [1.165, 1.54) is 22.3 Å². The quantitative estimate of drug-likeness (QED) is 0.219. The van der Waals surface area contributed by atoms with E-state index in [-0.39, 0.29) is 6.04 Å². The Balaban J connectivity index is 1.70. The van der Waals surface area contributed by atoms with Gasteiger partial charge in [0.05, 0.1) is 20.8 Å². The van der Waals surface area contributed by atoms with Crippen LogP contribution in [-0.4, -0.2) is 32.5 Å². The van der Waals surface area contributed by atoms with Crippen LogP contribution < -0.4 is 19.5 Å². The minimum Gasteiger partial charge on any atom is -0.508 e. The highest BCUT2D eigenvalue weighted by Gasteiger charge is 2.23. The van der Waals surface area contributed by atoms with Gasteiger partial charge in [0.2, 0.25) is 0 Å². The molecule has 0 fully saturated rings. The fourth-order valence-corrected chi connectivity index (χ4v) is 5.23. The van der Waals surface area contributed by atoms with E-state index in [2.05, 4.69) is 57.3 Å². The monoisotopic (exact) mass is 547 g/mol. The Hall–Kier alpha value is -3.18. The maximum Gasteiger partial charge on any atom is 0.160 e. The van der Waals surface area contributed by atoms with E-state index in [0.717, 1.165) is 92.9 Å². The zero-order valence-electron chi connectivity index (χ0n) is 25.4. The molecule has 0 saturated carbocycles. The fourth-order valence-electron chi connectivity index (χ4n) is 5.23. The second-order valence-electron chi connectivity index (χ2n) is 11.1. The van der Waals surface area contributed by atoms with E-state index < -0.39 is 0 Å². The number of hydrogen-bond acceptors (Lipinski definition) is 5. The molecule has 5 heteroatoms. The van der Waals surface area contributed by atoms with Crippen molar-refractivity contribution < 1.29 is 19.3 Å². The van der Waals surface area contributed by atoms with Crippen LogP contribution in [0.4, 0.5) is 0 Å². The largest absolute Gasteiger partial charge is 0.508 e. The first-order chi connectivity index (χ1) is 19.3. The first-order valence-electron chi connectivity index (χ1n) is 14.7. The maximum absolute atomic E-state index is 11.0. The molecule has 0 amide bonds. The number of allylic oxidation sites excluding steroid dienone is 5. The minimum absolute atomic E-state index is 0.00640. The van der Waals surface area contributed by atoms with E-state index in [1.807, 2.05) is 18.2 Å². The molecule has 3 rings (SSSR count). The molecule has 0 unspecified atom stereocenters. The van der Waals surface area contributed by atoms with E-state index in [9.17, 15) is 5.11 Å². The van der Waals surface area contributed by atoms with Crippen molar-refractivity contribution in [2.75, 3.05) is 27.4 Å². The highest BCUT2D eigenvalue weighted by atomic mass is 16.5. The van der Waals surface area contributed by atoms with Gasteiger partial charge in [-0.3, -0.25) is 0 Å². The highest BCUT2D eigenvalue weighted by Crippen LogP contribution is 2.39. The second-order valence-corrected chi connectivity index (χ2v) is 11.1. The molecule has 1 aliphatic rings. The normalized spacial score (nSPS) is 14.2. The Morgan fingerprint density at radius 3 is 2.40 bits per heavy atom. The van der Waals surface area contributed by atoms with E-state index in [0.29, 0.717) is 5.75 Å². The number of rotatable bonds is 15. The van der Waals surface area contributed by atoms with E-state index in [1.54, 1.807) is 20.3 Å². The highest BCUT2D eigenvalue weighted by molar-refractivity contribution is 5.51. The number of phenols is 1. The predicted octanol–water partition coefficient (Wildman–Crippen LogP) is 8.42. The Bertz CT molecular complexity index is 1190. The van der Waals surface area contributed by atoms with Gasteiger partial charge in [0, 0.05) is 17.2 Å². The summed E-state index contributed by atoms with van der Waals surface area (Å²) in [6, 6.07) is 9.74. The molecule has 1 atom stereocenters. The number of methoxy groups -OCH3 is 2. The van der Waals surface area contributed by atoms with Gasteiger partial charge in [-0.25, -0.2) is 0 Å². The molecule has 2 aromatic carbocycles. The number of fused-ring (bicyclic) bond motifs is 1. The predicted molar refractivity (Wildman–Crippen MR) is 166 cm³/mol. The van der Waals surface area contributed by atoms with Crippen molar-refractivity contribution in [1.29, 1.82) is 0 Å². The SMILES string of the molecule is COc1ccc(CCN[C@H](C/C=C(\C)CC/C=C(\C)CCC=C(C)C)c2c(O)ccc3c2CCCO3)cc1OC. The number of aromatic hydroxyl groups is 1. The molecule has 5 nitrogen and oxygen atoms in total. The van der Waals surface area contributed by atoms with E-state index in [4.69, 9.17) is 14.2 Å². The second kappa shape index (κ2) is 16.2. The Labute approximate surface area is 241 Å². The minimum atomic E-state index is -0.00640. The van der Waals surface area contributed by atoms with Gasteiger partial charge in [-0.2, -0.15) is 0 Å². The Morgan fingerprint density at radius 1 is 0.950 bits per heavy atom. The maximum atomic E-state index is 11.0. The summed E-state index contributed by atoms with van der Waals surface area (Å²) in [6.07, 6.45) is 14.9. The van der Waals surface area contributed by atoms with Crippen LogP contribution in [0.5, 0.6) is 23.0 Å². The summed E-state index contributed by atoms with van der Waals surface area (Å²) in [5, 5.41) is 14.7. The van der Waals surface area contributed by atoms with Crippen molar-refractivity contribution in [3.05, 3.63) is 82.0 Å². The molecule has 0 spiro atoms. The van der Waals surface area contributed by atoms with Gasteiger partial charge < -0.3 is 24.6 Å². The van der Waals surface area contributed by atoms with Gasteiger partial charge in [0.1, 0.15) is 11.5 Å². The molecule has 0 radical (unpaired) electrons. The summed E-state index contributed by atoms with van der Waals surface area (Å²) in [5.41, 5.74) is 7.50. The van der Waals surface area contributed by atoms with Gasteiger partial charge in [0.15, 0.2) is 11.5 Å². The van der Waals surface area contributed by atoms with Crippen LogP contribution >= 0.6 is 0 Å². The van der Waals surface area contributed by atoms with Crippen LogP contribution in [0, 0.1) is 0 Å². The van der Waals surface area contributed by atoms with E-state index >= 15 is 0 Å². The van der Waals surface area contributed by atoms with Crippen LogP contribution in [0.15, 0.2) is 65.3 Å². The molecule has 1 aliphatic heterocycles. The van der Waals surface area contributed by atoms with Gasteiger partial charge >= 0.3 is 0 Å². The molecule has 40 heavy (non-hydrogen) atoms. The Morgan fingerprint density at radius 2 is 1.68 bits per heavy atom. The molecule has 0 aromatic heterocycles. The third-order valence-electron chi connectivity index (χ3n) is 7.55. The van der Waals surface area contributed by atoms with Crippen LogP contribution in [0.1, 0.15) is 89.0 Å². The van der Waals surface area contributed by atoms with Gasteiger partial charge in [-0.05, 0) is 115 Å². The molecule has 0 aliphatic carbocycles. The van der Waals surface area contributed by atoms with Gasteiger partial charge in [0.25, 0.3) is 0 Å². The van der Waals surface area contributed by atoms with Crippen LogP contribution in [0.25, 0.3) is 0 Å².